The fourth-order valence-electron chi connectivity index (χ4n) is 1.77. The molecule has 0 spiro atoms. The van der Waals surface area contributed by atoms with Crippen LogP contribution in [0.1, 0.15) is 17.3 Å². The number of benzene rings is 1. The summed E-state index contributed by atoms with van der Waals surface area (Å²) in [5.41, 5.74) is 0.248. The molecule has 2 rings (SSSR count). The minimum absolute atomic E-state index is 0.0638. The van der Waals surface area contributed by atoms with Gasteiger partial charge in [0.15, 0.2) is 0 Å². The molecule has 0 aliphatic carbocycles. The highest BCUT2D eigenvalue weighted by Gasteiger charge is 2.26. The zero-order chi connectivity index (χ0) is 15.6. The first kappa shape index (κ1) is 15.5. The lowest BCUT2D eigenvalue weighted by atomic mass is 10.3. The molecule has 2 aromatic rings. The number of thiophene rings is 1. The number of hydrogen-bond acceptors (Lipinski definition) is 4. The van der Waals surface area contributed by atoms with Gasteiger partial charge >= 0.3 is 5.97 Å². The Labute approximate surface area is 125 Å². The van der Waals surface area contributed by atoms with Gasteiger partial charge in [-0.15, -0.1) is 11.3 Å². The van der Waals surface area contributed by atoms with Crippen molar-refractivity contribution < 1.29 is 22.7 Å². The van der Waals surface area contributed by atoms with E-state index in [1.165, 1.54) is 29.6 Å². The van der Waals surface area contributed by atoms with Gasteiger partial charge in [-0.3, -0.25) is 4.31 Å². The second-order valence-corrected chi connectivity index (χ2v) is 7.11. The van der Waals surface area contributed by atoms with Gasteiger partial charge in [-0.25, -0.2) is 17.6 Å². The van der Waals surface area contributed by atoms with E-state index in [1.807, 2.05) is 0 Å². The van der Waals surface area contributed by atoms with Crippen LogP contribution in [-0.4, -0.2) is 26.0 Å². The third kappa shape index (κ3) is 3.06. The Bertz CT molecular complexity index is 753. The third-order valence-electron chi connectivity index (χ3n) is 2.77. The van der Waals surface area contributed by atoms with Crippen molar-refractivity contribution in [2.45, 2.75) is 11.1 Å². The summed E-state index contributed by atoms with van der Waals surface area (Å²) in [6.07, 6.45) is 0. The zero-order valence-corrected chi connectivity index (χ0v) is 12.6. The maximum atomic E-state index is 12.9. The Balaban J connectivity index is 2.43. The first-order chi connectivity index (χ1) is 9.86. The van der Waals surface area contributed by atoms with Crippen molar-refractivity contribution in [2.24, 2.45) is 0 Å². The first-order valence-corrected chi connectivity index (χ1v) is 8.28. The van der Waals surface area contributed by atoms with Crippen LogP contribution >= 0.6 is 11.3 Å². The van der Waals surface area contributed by atoms with Crippen molar-refractivity contribution in [3.05, 3.63) is 47.1 Å². The van der Waals surface area contributed by atoms with E-state index in [0.717, 1.165) is 21.7 Å². The van der Waals surface area contributed by atoms with E-state index in [0.29, 0.717) is 5.69 Å². The quantitative estimate of drug-likeness (QED) is 0.915. The second kappa shape index (κ2) is 5.82. The monoisotopic (exact) mass is 329 g/mol. The molecule has 0 bridgehead atoms. The van der Waals surface area contributed by atoms with E-state index in [2.05, 4.69) is 0 Å². The first-order valence-electron chi connectivity index (χ1n) is 5.96. The number of aromatic carboxylic acids is 1. The lowest BCUT2D eigenvalue weighted by Crippen LogP contribution is -2.30. The van der Waals surface area contributed by atoms with Crippen LogP contribution in [0.3, 0.4) is 0 Å². The molecule has 0 amide bonds. The van der Waals surface area contributed by atoms with Gasteiger partial charge in [-0.2, -0.15) is 0 Å². The molecule has 0 saturated carbocycles. The molecule has 0 atom stereocenters. The van der Waals surface area contributed by atoms with Crippen molar-refractivity contribution in [2.75, 3.05) is 10.8 Å². The Hall–Kier alpha value is -1.93. The van der Waals surface area contributed by atoms with Crippen LogP contribution in [0.4, 0.5) is 10.1 Å². The average molecular weight is 329 g/mol. The number of rotatable bonds is 5. The number of nitrogens with zero attached hydrogens (tertiary/aromatic N) is 1. The highest BCUT2D eigenvalue weighted by molar-refractivity contribution is 7.94. The molecule has 0 aliphatic heterocycles. The zero-order valence-electron chi connectivity index (χ0n) is 11.0. The van der Waals surface area contributed by atoms with E-state index in [-0.39, 0.29) is 16.3 Å². The lowest BCUT2D eigenvalue weighted by molar-refractivity contribution is 0.0697. The van der Waals surface area contributed by atoms with Crippen molar-refractivity contribution in [3.63, 3.8) is 0 Å². The standard InChI is InChI=1S/C13H12FNO4S2/c1-2-15(11-5-3-10(14)4-6-11)21(18,19)12-7-9(8-20-12)13(16)17/h3-8H,2H2,1H3,(H,16,17). The Kier molecular flexibility index (Phi) is 4.29. The summed E-state index contributed by atoms with van der Waals surface area (Å²) in [5.74, 6) is -1.64. The summed E-state index contributed by atoms with van der Waals surface area (Å²) in [5, 5.41) is 10.1. The minimum Gasteiger partial charge on any atom is -0.478 e. The summed E-state index contributed by atoms with van der Waals surface area (Å²) < 4.78 is 39.0. The molecule has 112 valence electrons. The number of carboxylic acids is 1. The van der Waals surface area contributed by atoms with Gasteiger partial charge in [0.25, 0.3) is 10.0 Å². The Morgan fingerprint density at radius 3 is 2.43 bits per heavy atom. The summed E-state index contributed by atoms with van der Waals surface area (Å²) in [4.78, 5) is 10.8. The van der Waals surface area contributed by atoms with Crippen LogP contribution < -0.4 is 4.31 Å². The molecule has 0 fully saturated rings. The van der Waals surface area contributed by atoms with Gasteiger partial charge < -0.3 is 5.11 Å². The fraction of sp³-hybridized carbons (Fsp3) is 0.154. The molecular formula is C13H12FNO4S2. The molecule has 1 aromatic carbocycles. The molecule has 0 saturated heterocycles. The van der Waals surface area contributed by atoms with E-state index in [9.17, 15) is 17.6 Å². The van der Waals surface area contributed by atoms with Gasteiger partial charge in [-0.1, -0.05) is 0 Å². The minimum atomic E-state index is -3.86. The molecule has 1 heterocycles. The summed E-state index contributed by atoms with van der Waals surface area (Å²) in [7, 11) is -3.86. The van der Waals surface area contributed by atoms with Crippen LogP contribution in [0.15, 0.2) is 39.9 Å². The number of halogens is 1. The maximum Gasteiger partial charge on any atom is 0.336 e. The Morgan fingerprint density at radius 2 is 1.95 bits per heavy atom. The van der Waals surface area contributed by atoms with Gasteiger partial charge in [0.05, 0.1) is 11.3 Å². The summed E-state index contributed by atoms with van der Waals surface area (Å²) in [6.45, 7) is 1.79. The second-order valence-electron chi connectivity index (χ2n) is 4.11. The Morgan fingerprint density at radius 1 is 1.33 bits per heavy atom. The fourth-order valence-corrected chi connectivity index (χ4v) is 4.51. The van der Waals surface area contributed by atoms with Gasteiger partial charge in [0.2, 0.25) is 0 Å². The predicted octanol–water partition coefficient (Wildman–Crippen LogP) is 2.80. The molecule has 1 N–H and O–H groups in total. The van der Waals surface area contributed by atoms with E-state index >= 15 is 0 Å². The summed E-state index contributed by atoms with van der Waals surface area (Å²) in [6, 6.07) is 6.19. The highest BCUT2D eigenvalue weighted by atomic mass is 32.2. The van der Waals surface area contributed by atoms with Crippen molar-refractivity contribution >= 4 is 33.0 Å². The predicted molar refractivity (Wildman–Crippen MR) is 77.9 cm³/mol. The van der Waals surface area contributed by atoms with Crippen LogP contribution in [0.2, 0.25) is 0 Å². The van der Waals surface area contributed by atoms with Gasteiger partial charge in [-0.05, 0) is 37.3 Å². The molecule has 1 aromatic heterocycles. The average Bonchev–Trinajstić information content (AvgIpc) is 2.92. The molecule has 21 heavy (non-hydrogen) atoms. The van der Waals surface area contributed by atoms with Crippen molar-refractivity contribution in [1.82, 2.24) is 0 Å². The van der Waals surface area contributed by atoms with Crippen LogP contribution in [-0.2, 0) is 10.0 Å². The van der Waals surface area contributed by atoms with E-state index < -0.39 is 21.8 Å². The smallest absolute Gasteiger partial charge is 0.336 e. The van der Waals surface area contributed by atoms with E-state index in [1.54, 1.807) is 6.92 Å². The highest BCUT2D eigenvalue weighted by Crippen LogP contribution is 2.28. The molecule has 5 nitrogen and oxygen atoms in total. The van der Waals surface area contributed by atoms with E-state index in [4.69, 9.17) is 5.11 Å². The van der Waals surface area contributed by atoms with Gasteiger partial charge in [0.1, 0.15) is 10.0 Å². The molecule has 0 radical (unpaired) electrons. The van der Waals surface area contributed by atoms with Crippen molar-refractivity contribution in [1.29, 1.82) is 0 Å². The normalized spacial score (nSPS) is 11.3. The molecular weight excluding hydrogens is 317 g/mol. The number of carboxylic acid groups (broad SMARTS) is 1. The number of sulfonamides is 1. The summed E-state index contributed by atoms with van der Waals surface area (Å²) >= 11 is 0.842. The number of anilines is 1. The van der Waals surface area contributed by atoms with Gasteiger partial charge in [0, 0.05) is 11.9 Å². The lowest BCUT2D eigenvalue weighted by Gasteiger charge is -2.21. The topological polar surface area (TPSA) is 74.7 Å². The molecule has 8 heteroatoms. The largest absolute Gasteiger partial charge is 0.478 e. The number of hydrogen-bond donors (Lipinski definition) is 1. The molecule has 0 aliphatic rings. The molecule has 0 unspecified atom stereocenters. The SMILES string of the molecule is CCN(c1ccc(F)cc1)S(=O)(=O)c1cc(C(=O)O)cs1. The van der Waals surface area contributed by atoms with Crippen LogP contribution in [0.25, 0.3) is 0 Å². The van der Waals surface area contributed by atoms with Crippen LogP contribution in [0, 0.1) is 5.82 Å². The van der Waals surface area contributed by atoms with Crippen molar-refractivity contribution in [3.8, 4) is 0 Å². The third-order valence-corrected chi connectivity index (χ3v) is 6.09. The van der Waals surface area contributed by atoms with Crippen LogP contribution in [0.5, 0.6) is 0 Å². The maximum absolute atomic E-state index is 12.9. The number of carbonyl (C=O) groups is 1.